The number of aliphatic carboxylic acids is 2. The van der Waals surface area contributed by atoms with Gasteiger partial charge in [0.15, 0.2) is 0 Å². The summed E-state index contributed by atoms with van der Waals surface area (Å²) in [6.45, 7) is 4.55. The van der Waals surface area contributed by atoms with Crippen LogP contribution in [0, 0.1) is 0 Å². The fourth-order valence-corrected chi connectivity index (χ4v) is 5.82. The Hall–Kier alpha value is -1.32. The van der Waals surface area contributed by atoms with Gasteiger partial charge in [0.1, 0.15) is 0 Å². The minimum atomic E-state index is -0.832. The van der Waals surface area contributed by atoms with Gasteiger partial charge < -0.3 is 10.2 Å². The van der Waals surface area contributed by atoms with Crippen molar-refractivity contribution in [1.29, 1.82) is 0 Å². The Morgan fingerprint density at radius 1 is 0.386 bits per heavy atom. The SMILES string of the molecule is CCCCCCCCCCCCCCCCCC=CC(=O)O.CCCCCCCCCCCCCCCCCCCC(=O)O. The predicted octanol–water partition coefficient (Wildman–Crippen LogP) is 14.0. The van der Waals surface area contributed by atoms with Crippen LogP contribution < -0.4 is 0 Å². The highest BCUT2D eigenvalue weighted by Gasteiger charge is 1.98. The lowest BCUT2D eigenvalue weighted by molar-refractivity contribution is -0.137. The fraction of sp³-hybridized carbons (Fsp3) is 0.900. The lowest BCUT2D eigenvalue weighted by Crippen LogP contribution is -1.93. The van der Waals surface area contributed by atoms with Gasteiger partial charge in [-0.2, -0.15) is 0 Å². The highest BCUT2D eigenvalue weighted by Crippen LogP contribution is 2.15. The smallest absolute Gasteiger partial charge is 0.327 e. The topological polar surface area (TPSA) is 74.6 Å². The maximum Gasteiger partial charge on any atom is 0.327 e. The lowest BCUT2D eigenvalue weighted by atomic mass is 10.0. The van der Waals surface area contributed by atoms with Gasteiger partial charge in [-0.3, -0.25) is 4.79 Å². The third-order valence-corrected chi connectivity index (χ3v) is 8.73. The van der Waals surface area contributed by atoms with E-state index in [2.05, 4.69) is 13.8 Å². The normalized spacial score (nSPS) is 11.1. The molecule has 0 aromatic heterocycles. The molecule has 4 nitrogen and oxygen atoms in total. The van der Waals surface area contributed by atoms with Crippen molar-refractivity contribution < 1.29 is 19.8 Å². The second-order valence-corrected chi connectivity index (χ2v) is 13.3. The molecule has 0 atom stereocenters. The first kappa shape index (κ1) is 44.8. The third-order valence-electron chi connectivity index (χ3n) is 8.73. The number of carboxylic acids is 2. The van der Waals surface area contributed by atoms with Crippen molar-refractivity contribution in [2.75, 3.05) is 0 Å². The van der Waals surface area contributed by atoms with Crippen molar-refractivity contribution in [3.05, 3.63) is 12.2 Å². The van der Waals surface area contributed by atoms with E-state index in [9.17, 15) is 9.59 Å². The van der Waals surface area contributed by atoms with Crippen LogP contribution in [-0.4, -0.2) is 22.2 Å². The zero-order valence-electron chi connectivity index (χ0n) is 29.9. The van der Waals surface area contributed by atoms with E-state index in [1.807, 2.05) is 0 Å². The van der Waals surface area contributed by atoms with Crippen LogP contribution >= 0.6 is 0 Å². The maximum absolute atomic E-state index is 10.4. The highest BCUT2D eigenvalue weighted by atomic mass is 16.4. The minimum Gasteiger partial charge on any atom is -0.481 e. The second-order valence-electron chi connectivity index (χ2n) is 13.3. The molecule has 0 rings (SSSR count). The van der Waals surface area contributed by atoms with Gasteiger partial charge in [-0.15, -0.1) is 0 Å². The van der Waals surface area contributed by atoms with Gasteiger partial charge in [0, 0.05) is 12.5 Å². The Labute approximate surface area is 275 Å². The van der Waals surface area contributed by atoms with Crippen LogP contribution in [0.2, 0.25) is 0 Å². The van der Waals surface area contributed by atoms with Gasteiger partial charge in [0.2, 0.25) is 0 Å². The molecule has 2 N–H and O–H groups in total. The van der Waals surface area contributed by atoms with Crippen LogP contribution in [0.3, 0.4) is 0 Å². The molecule has 0 fully saturated rings. The molecule has 0 radical (unpaired) electrons. The minimum absolute atomic E-state index is 0.346. The number of unbranched alkanes of at least 4 members (excludes halogenated alkanes) is 31. The van der Waals surface area contributed by atoms with Crippen molar-refractivity contribution in [3.63, 3.8) is 0 Å². The highest BCUT2D eigenvalue weighted by molar-refractivity contribution is 5.79. The third kappa shape index (κ3) is 47.6. The van der Waals surface area contributed by atoms with E-state index in [1.54, 1.807) is 6.08 Å². The van der Waals surface area contributed by atoms with Crippen LogP contribution in [0.15, 0.2) is 12.2 Å². The molecule has 0 aliphatic carbocycles. The van der Waals surface area contributed by atoms with E-state index >= 15 is 0 Å². The molecule has 0 heterocycles. The predicted molar refractivity (Wildman–Crippen MR) is 193 cm³/mol. The van der Waals surface area contributed by atoms with Crippen molar-refractivity contribution in [2.24, 2.45) is 0 Å². The Balaban J connectivity index is 0. The maximum atomic E-state index is 10.4. The molecule has 0 amide bonds. The summed E-state index contributed by atoms with van der Waals surface area (Å²) in [7, 11) is 0. The van der Waals surface area contributed by atoms with Crippen molar-refractivity contribution in [3.8, 4) is 0 Å². The summed E-state index contributed by atoms with van der Waals surface area (Å²) in [4.78, 5) is 20.6. The van der Waals surface area contributed by atoms with Gasteiger partial charge in [0.25, 0.3) is 0 Å². The standard InChI is InChI=1S/C20H40O2.C20H38O2/c2*1-2-3-4-5-6-7-8-9-10-11-12-13-14-15-16-17-18-19-20(21)22/h2-19H2,1H3,(H,21,22);18-19H,2-17H2,1H3,(H,21,22). The molecule has 0 spiro atoms. The lowest BCUT2D eigenvalue weighted by Gasteiger charge is -2.03. The zero-order chi connectivity index (χ0) is 32.6. The van der Waals surface area contributed by atoms with Gasteiger partial charge in [-0.05, 0) is 19.3 Å². The van der Waals surface area contributed by atoms with Gasteiger partial charge in [-0.1, -0.05) is 213 Å². The molecule has 262 valence electrons. The molecule has 0 saturated heterocycles. The first-order valence-corrected chi connectivity index (χ1v) is 19.7. The largest absolute Gasteiger partial charge is 0.481 e. The Morgan fingerprint density at radius 3 is 0.886 bits per heavy atom. The fourth-order valence-electron chi connectivity index (χ4n) is 5.82. The average molecular weight is 623 g/mol. The molecule has 44 heavy (non-hydrogen) atoms. The molecule has 0 aromatic carbocycles. The summed E-state index contributed by atoms with van der Waals surface area (Å²) in [5.41, 5.74) is 0. The van der Waals surface area contributed by atoms with Crippen LogP contribution in [0.1, 0.15) is 232 Å². The molecule has 0 saturated carbocycles. The molecule has 0 aliphatic heterocycles. The summed E-state index contributed by atoms with van der Waals surface area (Å²) >= 11 is 0. The average Bonchev–Trinajstić information content (AvgIpc) is 3.00. The molecule has 0 bridgehead atoms. The molecular formula is C40H78O4. The summed E-state index contributed by atoms with van der Waals surface area (Å²) in [6, 6.07) is 0. The Bertz CT molecular complexity index is 586. The van der Waals surface area contributed by atoms with Crippen molar-refractivity contribution in [2.45, 2.75) is 232 Å². The molecule has 0 aromatic rings. The van der Waals surface area contributed by atoms with E-state index in [-0.39, 0.29) is 0 Å². The number of rotatable bonds is 35. The second kappa shape index (κ2) is 41.7. The van der Waals surface area contributed by atoms with Gasteiger partial charge in [0.05, 0.1) is 0 Å². The van der Waals surface area contributed by atoms with E-state index in [1.165, 1.54) is 192 Å². The molecule has 4 heteroatoms. The summed E-state index contributed by atoms with van der Waals surface area (Å²) in [5, 5.41) is 17.0. The quantitative estimate of drug-likeness (QED) is 0.0544. The van der Waals surface area contributed by atoms with E-state index in [0.29, 0.717) is 6.42 Å². The van der Waals surface area contributed by atoms with E-state index in [4.69, 9.17) is 10.2 Å². The first-order chi connectivity index (χ1) is 21.5. The summed E-state index contributed by atoms with van der Waals surface area (Å²) in [6.07, 6.45) is 47.6. The number of carboxylic acid groups (broad SMARTS) is 2. The zero-order valence-corrected chi connectivity index (χ0v) is 29.9. The van der Waals surface area contributed by atoms with Crippen molar-refractivity contribution in [1.82, 2.24) is 0 Å². The number of hydrogen-bond donors (Lipinski definition) is 2. The monoisotopic (exact) mass is 623 g/mol. The van der Waals surface area contributed by atoms with Crippen LogP contribution in [-0.2, 0) is 9.59 Å². The van der Waals surface area contributed by atoms with Gasteiger partial charge >= 0.3 is 11.9 Å². The van der Waals surface area contributed by atoms with Crippen LogP contribution in [0.4, 0.5) is 0 Å². The van der Waals surface area contributed by atoms with Crippen LogP contribution in [0.25, 0.3) is 0 Å². The number of hydrogen-bond acceptors (Lipinski definition) is 2. The number of allylic oxidation sites excluding steroid dienone is 1. The molecule has 0 unspecified atom stereocenters. The molecule has 0 aliphatic rings. The summed E-state index contributed by atoms with van der Waals surface area (Å²) in [5.74, 6) is -1.48. The van der Waals surface area contributed by atoms with E-state index in [0.717, 1.165) is 25.7 Å². The number of carbonyl (C=O) groups is 2. The van der Waals surface area contributed by atoms with E-state index < -0.39 is 11.9 Å². The first-order valence-electron chi connectivity index (χ1n) is 19.7. The molecular weight excluding hydrogens is 544 g/mol. The Kier molecular flexibility index (Phi) is 42.4. The van der Waals surface area contributed by atoms with Crippen LogP contribution in [0.5, 0.6) is 0 Å². The summed E-state index contributed by atoms with van der Waals surface area (Å²) < 4.78 is 0. The Morgan fingerprint density at radius 2 is 0.636 bits per heavy atom. The van der Waals surface area contributed by atoms with Gasteiger partial charge in [-0.25, -0.2) is 4.79 Å². The van der Waals surface area contributed by atoms with Crippen molar-refractivity contribution >= 4 is 11.9 Å².